The van der Waals surface area contributed by atoms with Crippen LogP contribution in [0.3, 0.4) is 0 Å². The van der Waals surface area contributed by atoms with E-state index in [0.29, 0.717) is 11.6 Å². The van der Waals surface area contributed by atoms with Crippen molar-refractivity contribution in [1.29, 1.82) is 0 Å². The van der Waals surface area contributed by atoms with Crippen molar-refractivity contribution >= 4 is 17.6 Å². The first kappa shape index (κ1) is 18.1. The first-order valence-corrected chi connectivity index (χ1v) is 8.19. The molecule has 130 valence electrons. The molecule has 1 aromatic heterocycles. The van der Waals surface area contributed by atoms with Crippen molar-refractivity contribution in [2.24, 2.45) is 12.0 Å². The lowest BCUT2D eigenvalue weighted by molar-refractivity contribution is 0.414. The van der Waals surface area contributed by atoms with Gasteiger partial charge in [0.15, 0.2) is 5.96 Å². The van der Waals surface area contributed by atoms with E-state index in [4.69, 9.17) is 16.3 Å². The summed E-state index contributed by atoms with van der Waals surface area (Å²) in [5.41, 5.74) is 1.06. The van der Waals surface area contributed by atoms with Gasteiger partial charge in [0.2, 0.25) is 0 Å². The summed E-state index contributed by atoms with van der Waals surface area (Å²) in [6.45, 7) is 4.00. The van der Waals surface area contributed by atoms with Crippen LogP contribution in [-0.2, 0) is 20.0 Å². The van der Waals surface area contributed by atoms with E-state index in [1.54, 1.807) is 11.8 Å². The second-order valence-corrected chi connectivity index (χ2v) is 5.54. The van der Waals surface area contributed by atoms with Crippen LogP contribution in [0.5, 0.6) is 5.75 Å². The zero-order valence-electron chi connectivity index (χ0n) is 14.2. The minimum Gasteiger partial charge on any atom is -0.497 e. The molecule has 0 fully saturated rings. The molecular formula is C16H23ClN6O. The Labute approximate surface area is 147 Å². The number of hydrogen-bond acceptors (Lipinski definition) is 4. The van der Waals surface area contributed by atoms with Gasteiger partial charge in [0.25, 0.3) is 0 Å². The maximum atomic E-state index is 6.26. The summed E-state index contributed by atoms with van der Waals surface area (Å²) < 4.78 is 6.87. The smallest absolute Gasteiger partial charge is 0.191 e. The monoisotopic (exact) mass is 350 g/mol. The maximum absolute atomic E-state index is 6.26. The lowest BCUT2D eigenvalue weighted by atomic mass is 10.1. The van der Waals surface area contributed by atoms with Gasteiger partial charge in [-0.25, -0.2) is 9.98 Å². The van der Waals surface area contributed by atoms with E-state index in [1.165, 1.54) is 6.33 Å². The molecule has 0 spiro atoms. The quantitative estimate of drug-likeness (QED) is 0.588. The molecule has 2 N–H and O–H groups in total. The molecule has 0 radical (unpaired) electrons. The number of hydrogen-bond donors (Lipinski definition) is 2. The molecule has 8 heteroatoms. The normalized spacial score (nSPS) is 11.4. The molecular weight excluding hydrogens is 328 g/mol. The number of nitrogens with zero attached hydrogens (tertiary/aromatic N) is 4. The van der Waals surface area contributed by atoms with Crippen molar-refractivity contribution < 1.29 is 4.74 Å². The molecule has 24 heavy (non-hydrogen) atoms. The summed E-state index contributed by atoms with van der Waals surface area (Å²) in [5.74, 6) is 2.31. The van der Waals surface area contributed by atoms with E-state index in [1.807, 2.05) is 32.2 Å². The molecule has 1 heterocycles. The Balaban J connectivity index is 1.90. The van der Waals surface area contributed by atoms with E-state index >= 15 is 0 Å². The number of ether oxygens (including phenoxy) is 1. The third-order valence-electron chi connectivity index (χ3n) is 3.47. The Morgan fingerprint density at radius 3 is 2.83 bits per heavy atom. The molecule has 0 aliphatic rings. The number of nitrogens with one attached hydrogen (secondary N) is 2. The van der Waals surface area contributed by atoms with Gasteiger partial charge >= 0.3 is 0 Å². The van der Waals surface area contributed by atoms with Gasteiger partial charge in [-0.1, -0.05) is 17.7 Å². The van der Waals surface area contributed by atoms with E-state index in [9.17, 15) is 0 Å². The third kappa shape index (κ3) is 5.13. The van der Waals surface area contributed by atoms with Gasteiger partial charge in [-0.15, -0.1) is 0 Å². The van der Waals surface area contributed by atoms with E-state index < -0.39 is 0 Å². The highest BCUT2D eigenvalue weighted by Crippen LogP contribution is 2.22. The molecule has 0 amide bonds. The lowest BCUT2D eigenvalue weighted by Gasteiger charge is -2.12. The molecule has 0 aliphatic carbocycles. The van der Waals surface area contributed by atoms with Crippen LogP contribution in [0.2, 0.25) is 5.02 Å². The first-order chi connectivity index (χ1) is 11.6. The highest BCUT2D eigenvalue weighted by molar-refractivity contribution is 6.31. The van der Waals surface area contributed by atoms with E-state index in [2.05, 4.69) is 25.7 Å². The molecule has 0 aliphatic heterocycles. The highest BCUT2D eigenvalue weighted by atomic mass is 35.5. The topological polar surface area (TPSA) is 76.4 Å². The third-order valence-corrected chi connectivity index (χ3v) is 3.83. The molecule has 1 aromatic carbocycles. The van der Waals surface area contributed by atoms with Gasteiger partial charge in [0.05, 0.1) is 7.11 Å². The number of aliphatic imine (C=N–C) groups is 1. The van der Waals surface area contributed by atoms with Crippen LogP contribution >= 0.6 is 11.6 Å². The molecule has 2 aromatic rings. The second-order valence-electron chi connectivity index (χ2n) is 5.13. The van der Waals surface area contributed by atoms with Crippen molar-refractivity contribution in [2.75, 3.05) is 20.2 Å². The van der Waals surface area contributed by atoms with Crippen LogP contribution in [-0.4, -0.2) is 40.9 Å². The van der Waals surface area contributed by atoms with Crippen molar-refractivity contribution in [3.05, 3.63) is 40.9 Å². The first-order valence-electron chi connectivity index (χ1n) is 7.81. The Hall–Kier alpha value is -2.28. The fraction of sp³-hybridized carbons (Fsp3) is 0.438. The van der Waals surface area contributed by atoms with Gasteiger partial charge in [-0.3, -0.25) is 4.68 Å². The van der Waals surface area contributed by atoms with Crippen molar-refractivity contribution in [3.8, 4) is 5.75 Å². The van der Waals surface area contributed by atoms with Gasteiger partial charge in [0.1, 0.15) is 24.4 Å². The minimum atomic E-state index is 0.467. The van der Waals surface area contributed by atoms with Crippen molar-refractivity contribution in [3.63, 3.8) is 0 Å². The summed E-state index contributed by atoms with van der Waals surface area (Å²) in [7, 11) is 3.48. The fourth-order valence-corrected chi connectivity index (χ4v) is 2.39. The molecule has 2 rings (SSSR count). The predicted octanol–water partition coefficient (Wildman–Crippen LogP) is 1.77. The van der Waals surface area contributed by atoms with Gasteiger partial charge in [0, 0.05) is 25.2 Å². The van der Waals surface area contributed by atoms with Crippen LogP contribution in [0.1, 0.15) is 18.3 Å². The Bertz CT molecular complexity index is 685. The zero-order chi connectivity index (χ0) is 17.4. The summed E-state index contributed by atoms with van der Waals surface area (Å²) in [4.78, 5) is 8.68. The van der Waals surface area contributed by atoms with Gasteiger partial charge in [-0.2, -0.15) is 5.10 Å². The Morgan fingerprint density at radius 2 is 2.21 bits per heavy atom. The van der Waals surface area contributed by atoms with Gasteiger partial charge < -0.3 is 15.4 Å². The summed E-state index contributed by atoms with van der Waals surface area (Å²) in [5, 5.41) is 11.3. The van der Waals surface area contributed by atoms with Crippen LogP contribution < -0.4 is 15.4 Å². The van der Waals surface area contributed by atoms with Crippen LogP contribution in [0.25, 0.3) is 0 Å². The van der Waals surface area contributed by atoms with Crippen LogP contribution in [0.15, 0.2) is 29.5 Å². The largest absolute Gasteiger partial charge is 0.497 e. The molecule has 0 bridgehead atoms. The molecule has 7 nitrogen and oxygen atoms in total. The lowest BCUT2D eigenvalue weighted by Crippen LogP contribution is -2.38. The standard InChI is InChI=1S/C16H23ClN6O/c1-4-18-16(20-10-15-21-11-22-23(15)2)19-8-7-12-5-6-13(24-3)9-14(12)17/h5-6,9,11H,4,7-8,10H2,1-3H3,(H2,18,19,20). The number of benzene rings is 1. The number of guanidine groups is 1. The summed E-state index contributed by atoms with van der Waals surface area (Å²) in [6.07, 6.45) is 2.31. The number of rotatable bonds is 7. The second kappa shape index (κ2) is 9.12. The van der Waals surface area contributed by atoms with Crippen LogP contribution in [0.4, 0.5) is 0 Å². The van der Waals surface area contributed by atoms with E-state index in [0.717, 1.165) is 42.6 Å². The van der Waals surface area contributed by atoms with Crippen LogP contribution in [0, 0.1) is 0 Å². The molecule has 0 unspecified atom stereocenters. The minimum absolute atomic E-state index is 0.467. The number of methoxy groups -OCH3 is 1. The Kier molecular flexibility index (Phi) is 6.87. The molecule has 0 saturated carbocycles. The molecule has 0 saturated heterocycles. The highest BCUT2D eigenvalue weighted by Gasteiger charge is 2.04. The number of aromatic nitrogens is 3. The average molecular weight is 351 g/mol. The van der Waals surface area contributed by atoms with Crippen molar-refractivity contribution in [2.45, 2.75) is 19.9 Å². The number of aryl methyl sites for hydroxylation is 1. The maximum Gasteiger partial charge on any atom is 0.191 e. The zero-order valence-corrected chi connectivity index (χ0v) is 15.0. The SMILES string of the molecule is CCNC(=NCc1ncnn1C)NCCc1ccc(OC)cc1Cl. The number of halogens is 1. The Morgan fingerprint density at radius 1 is 1.38 bits per heavy atom. The average Bonchev–Trinajstić information content (AvgIpc) is 2.99. The fourth-order valence-electron chi connectivity index (χ4n) is 2.13. The summed E-state index contributed by atoms with van der Waals surface area (Å²) >= 11 is 6.26. The van der Waals surface area contributed by atoms with E-state index in [-0.39, 0.29) is 0 Å². The van der Waals surface area contributed by atoms with Crippen molar-refractivity contribution in [1.82, 2.24) is 25.4 Å². The van der Waals surface area contributed by atoms with Gasteiger partial charge in [-0.05, 0) is 31.0 Å². The predicted molar refractivity (Wildman–Crippen MR) is 95.5 cm³/mol. The molecule has 0 atom stereocenters. The summed E-state index contributed by atoms with van der Waals surface area (Å²) in [6, 6.07) is 5.71.